The van der Waals surface area contributed by atoms with E-state index in [9.17, 15) is 10.5 Å². The second kappa shape index (κ2) is 9.65. The molecule has 0 aromatic rings. The van der Waals surface area contributed by atoms with Crippen LogP contribution in [0.15, 0.2) is 0 Å². The van der Waals surface area contributed by atoms with Gasteiger partial charge < -0.3 is 0 Å². The van der Waals surface area contributed by atoms with Crippen LogP contribution in [0.1, 0.15) is 117 Å². The topological polar surface area (TPSA) is 47.6 Å². The summed E-state index contributed by atoms with van der Waals surface area (Å²) < 4.78 is 0. The van der Waals surface area contributed by atoms with Crippen LogP contribution >= 0.6 is 0 Å². The van der Waals surface area contributed by atoms with Crippen molar-refractivity contribution >= 4 is 0 Å². The predicted molar refractivity (Wildman–Crippen MR) is 115 cm³/mol. The molecular weight excluding hydrogens is 340 g/mol. The van der Waals surface area contributed by atoms with Crippen LogP contribution in [-0.4, -0.2) is 0 Å². The van der Waals surface area contributed by atoms with Crippen molar-refractivity contribution in [1.82, 2.24) is 0 Å². The number of hydrogen-bond acceptors (Lipinski definition) is 2. The van der Waals surface area contributed by atoms with Crippen molar-refractivity contribution in [3.05, 3.63) is 0 Å². The zero-order chi connectivity index (χ0) is 20.0. The maximum Gasteiger partial charge on any atom is 0.0692 e. The van der Waals surface area contributed by atoms with Crippen LogP contribution in [0.4, 0.5) is 0 Å². The summed E-state index contributed by atoms with van der Waals surface area (Å²) >= 11 is 0. The molecule has 0 bridgehead atoms. The molecule has 0 amide bonds. The molecule has 156 valence electrons. The molecule has 3 aliphatic carbocycles. The fraction of sp³-hybridized carbons (Fsp3) is 0.923. The van der Waals surface area contributed by atoms with Crippen molar-refractivity contribution < 1.29 is 0 Å². The van der Waals surface area contributed by atoms with E-state index in [1.54, 1.807) is 0 Å². The first-order chi connectivity index (χ1) is 13.6. The van der Waals surface area contributed by atoms with Gasteiger partial charge in [0.25, 0.3) is 0 Å². The van der Waals surface area contributed by atoms with Crippen LogP contribution in [0.3, 0.4) is 0 Å². The Morgan fingerprint density at radius 2 is 0.929 bits per heavy atom. The van der Waals surface area contributed by atoms with Crippen LogP contribution in [0.2, 0.25) is 0 Å². The maximum absolute atomic E-state index is 10.2. The molecule has 0 atom stereocenters. The van der Waals surface area contributed by atoms with E-state index in [0.29, 0.717) is 11.8 Å². The van der Waals surface area contributed by atoms with Crippen molar-refractivity contribution in [3.63, 3.8) is 0 Å². The van der Waals surface area contributed by atoms with Gasteiger partial charge in [0.2, 0.25) is 0 Å². The normalized spacial score (nSPS) is 41.7. The van der Waals surface area contributed by atoms with E-state index in [1.807, 2.05) is 0 Å². The molecule has 0 aliphatic heterocycles. The number of hydrogen-bond donors (Lipinski definition) is 0. The highest BCUT2D eigenvalue weighted by Crippen LogP contribution is 2.57. The van der Waals surface area contributed by atoms with E-state index in [2.05, 4.69) is 26.0 Å². The number of rotatable bonds is 6. The van der Waals surface area contributed by atoms with Crippen LogP contribution in [-0.2, 0) is 0 Å². The molecule has 3 fully saturated rings. The van der Waals surface area contributed by atoms with E-state index >= 15 is 0 Å². The number of nitrogens with zero attached hydrogens (tertiary/aromatic N) is 2. The predicted octanol–water partition coefficient (Wildman–Crippen LogP) is 7.79. The fourth-order valence-electron chi connectivity index (χ4n) is 7.19. The van der Waals surface area contributed by atoms with Gasteiger partial charge in [0.05, 0.1) is 23.0 Å². The standard InChI is InChI=1S/C26H42N2/c1-3-5-21-7-11-23(12-8-21)25(19-27)15-17-26(20-28,18-16-25)24-13-9-22(6-4-2)10-14-24/h21-24H,3-18H2,1-2H3. The second-order valence-corrected chi connectivity index (χ2v) is 10.5. The van der Waals surface area contributed by atoms with Crippen molar-refractivity contribution in [3.8, 4) is 12.1 Å². The van der Waals surface area contributed by atoms with Gasteiger partial charge in [-0.05, 0) is 75.0 Å². The van der Waals surface area contributed by atoms with Crippen molar-refractivity contribution in [2.75, 3.05) is 0 Å². The van der Waals surface area contributed by atoms with E-state index in [-0.39, 0.29) is 10.8 Å². The lowest BCUT2D eigenvalue weighted by molar-refractivity contribution is 0.0273. The average molecular weight is 383 g/mol. The van der Waals surface area contributed by atoms with Crippen molar-refractivity contribution in [2.45, 2.75) is 117 Å². The van der Waals surface area contributed by atoms with E-state index < -0.39 is 0 Å². The first kappa shape index (κ1) is 21.7. The molecule has 3 saturated carbocycles. The Kier molecular flexibility index (Phi) is 7.48. The van der Waals surface area contributed by atoms with E-state index in [1.165, 1.54) is 77.0 Å². The van der Waals surface area contributed by atoms with Gasteiger partial charge in [0.15, 0.2) is 0 Å². The summed E-state index contributed by atoms with van der Waals surface area (Å²) in [5.41, 5.74) is -0.256. The fourth-order valence-corrected chi connectivity index (χ4v) is 7.19. The Hall–Kier alpha value is -1.02. The Bertz CT molecular complexity index is 504. The van der Waals surface area contributed by atoms with Crippen molar-refractivity contribution in [1.29, 1.82) is 10.5 Å². The minimum atomic E-state index is -0.128. The maximum atomic E-state index is 10.2. The molecule has 0 radical (unpaired) electrons. The zero-order valence-electron chi connectivity index (χ0n) is 18.5. The molecule has 3 aliphatic rings. The second-order valence-electron chi connectivity index (χ2n) is 10.5. The summed E-state index contributed by atoms with van der Waals surface area (Å²) in [6.45, 7) is 4.59. The van der Waals surface area contributed by atoms with Crippen LogP contribution in [0.5, 0.6) is 0 Å². The highest BCUT2D eigenvalue weighted by atomic mass is 14.6. The zero-order valence-corrected chi connectivity index (χ0v) is 18.5. The molecule has 3 rings (SSSR count). The number of nitriles is 2. The lowest BCUT2D eigenvalue weighted by atomic mass is 9.53. The Balaban J connectivity index is 1.60. The van der Waals surface area contributed by atoms with Crippen LogP contribution in [0, 0.1) is 57.2 Å². The summed E-state index contributed by atoms with van der Waals surface area (Å²) in [7, 11) is 0. The SMILES string of the molecule is CCCC1CCC(C2(C#N)CCC(C#N)(C3CCC(CCC)CC3)CC2)CC1. The average Bonchev–Trinajstić information content (AvgIpc) is 2.75. The molecule has 0 unspecified atom stereocenters. The van der Waals surface area contributed by atoms with Gasteiger partial charge in [0, 0.05) is 0 Å². The van der Waals surface area contributed by atoms with Crippen LogP contribution in [0.25, 0.3) is 0 Å². The molecule has 0 spiro atoms. The molecule has 0 N–H and O–H groups in total. The summed E-state index contributed by atoms with van der Waals surface area (Å²) in [6, 6.07) is 5.63. The summed E-state index contributed by atoms with van der Waals surface area (Å²) in [6.07, 6.45) is 19.6. The minimum absolute atomic E-state index is 0.128. The first-order valence-corrected chi connectivity index (χ1v) is 12.4. The summed E-state index contributed by atoms with van der Waals surface area (Å²) in [5.74, 6) is 2.97. The summed E-state index contributed by atoms with van der Waals surface area (Å²) in [5, 5.41) is 20.4. The van der Waals surface area contributed by atoms with Crippen molar-refractivity contribution in [2.24, 2.45) is 34.5 Å². The largest absolute Gasteiger partial charge is 0.198 e. The smallest absolute Gasteiger partial charge is 0.0692 e. The van der Waals surface area contributed by atoms with Gasteiger partial charge in [0.1, 0.15) is 0 Å². The molecule has 0 aromatic carbocycles. The lowest BCUT2D eigenvalue weighted by Crippen LogP contribution is -2.43. The third-order valence-corrected chi connectivity index (χ3v) is 9.13. The van der Waals surface area contributed by atoms with Gasteiger partial charge in [-0.2, -0.15) is 10.5 Å². The Morgan fingerprint density at radius 3 is 1.18 bits per heavy atom. The molecule has 0 aromatic heterocycles. The third kappa shape index (κ3) is 4.42. The molecule has 0 saturated heterocycles. The van der Waals surface area contributed by atoms with Gasteiger partial charge >= 0.3 is 0 Å². The van der Waals surface area contributed by atoms with Crippen LogP contribution < -0.4 is 0 Å². The highest BCUT2D eigenvalue weighted by Gasteiger charge is 2.51. The monoisotopic (exact) mass is 382 g/mol. The minimum Gasteiger partial charge on any atom is -0.198 e. The summed E-state index contributed by atoms with van der Waals surface area (Å²) in [4.78, 5) is 0. The van der Waals surface area contributed by atoms with Gasteiger partial charge in [-0.3, -0.25) is 0 Å². The van der Waals surface area contributed by atoms with Gasteiger partial charge in [-0.1, -0.05) is 65.2 Å². The van der Waals surface area contributed by atoms with E-state index in [4.69, 9.17) is 0 Å². The van der Waals surface area contributed by atoms with Gasteiger partial charge in [-0.25, -0.2) is 0 Å². The molecule has 28 heavy (non-hydrogen) atoms. The Morgan fingerprint density at radius 1 is 0.607 bits per heavy atom. The Labute approximate surface area is 174 Å². The van der Waals surface area contributed by atoms with Gasteiger partial charge in [-0.15, -0.1) is 0 Å². The molecule has 2 nitrogen and oxygen atoms in total. The van der Waals surface area contributed by atoms with E-state index in [0.717, 1.165) is 37.5 Å². The third-order valence-electron chi connectivity index (χ3n) is 9.13. The highest BCUT2D eigenvalue weighted by molar-refractivity contribution is 5.14. The lowest BCUT2D eigenvalue weighted by Gasteiger charge is -2.49. The first-order valence-electron chi connectivity index (χ1n) is 12.4. The molecule has 2 heteroatoms. The molecule has 0 heterocycles. The quantitative estimate of drug-likeness (QED) is 0.470. The molecular formula is C26H42N2.